The highest BCUT2D eigenvalue weighted by atomic mass is 32.2. The van der Waals surface area contributed by atoms with E-state index in [9.17, 15) is 22.8 Å². The van der Waals surface area contributed by atoms with Crippen LogP contribution in [0.25, 0.3) is 0 Å². The monoisotopic (exact) mass is 487 g/mol. The van der Waals surface area contributed by atoms with E-state index in [1.165, 1.54) is 9.87 Å². The van der Waals surface area contributed by atoms with Crippen molar-refractivity contribution in [2.45, 2.75) is 69.1 Å². The fourth-order valence-electron chi connectivity index (χ4n) is 6.07. The maximum Gasteiger partial charge on any atom is 0.243 e. The third kappa shape index (κ3) is 4.17. The third-order valence-corrected chi connectivity index (χ3v) is 10.0. The molecule has 1 saturated carbocycles. The van der Waals surface area contributed by atoms with E-state index in [2.05, 4.69) is 0 Å². The van der Waals surface area contributed by atoms with Crippen molar-refractivity contribution in [1.29, 1.82) is 0 Å². The van der Waals surface area contributed by atoms with Gasteiger partial charge in [-0.1, -0.05) is 25.3 Å². The van der Waals surface area contributed by atoms with Crippen LogP contribution in [0, 0.1) is 5.41 Å². The summed E-state index contributed by atoms with van der Waals surface area (Å²) in [5, 5.41) is 0. The van der Waals surface area contributed by atoms with Gasteiger partial charge in [-0.15, -0.1) is 0 Å². The van der Waals surface area contributed by atoms with E-state index in [-0.39, 0.29) is 56.9 Å². The predicted octanol–water partition coefficient (Wildman–Crippen LogP) is 2.11. The summed E-state index contributed by atoms with van der Waals surface area (Å²) in [5.74, 6) is -0.742. The van der Waals surface area contributed by atoms with Crippen LogP contribution in [0.2, 0.25) is 0 Å². The van der Waals surface area contributed by atoms with Crippen LogP contribution in [-0.4, -0.2) is 73.0 Å². The summed E-state index contributed by atoms with van der Waals surface area (Å²) < 4.78 is 27.9. The minimum Gasteiger partial charge on any atom is -0.338 e. The average Bonchev–Trinajstić information content (AvgIpc) is 3.07. The van der Waals surface area contributed by atoms with Gasteiger partial charge in [0, 0.05) is 32.6 Å². The van der Waals surface area contributed by atoms with Crippen molar-refractivity contribution >= 4 is 27.7 Å². The molecule has 2 aliphatic heterocycles. The van der Waals surface area contributed by atoms with Gasteiger partial charge in [0.15, 0.2) is 0 Å². The molecular formula is C25H33N3O5S. The van der Waals surface area contributed by atoms with Gasteiger partial charge >= 0.3 is 0 Å². The second kappa shape index (κ2) is 9.07. The third-order valence-electron chi connectivity index (χ3n) is 8.14. The molecular weight excluding hydrogens is 454 g/mol. The second-order valence-electron chi connectivity index (χ2n) is 10.2. The van der Waals surface area contributed by atoms with Gasteiger partial charge in [-0.2, -0.15) is 4.31 Å². The van der Waals surface area contributed by atoms with Crippen LogP contribution in [0.1, 0.15) is 62.5 Å². The van der Waals surface area contributed by atoms with Crippen LogP contribution in [-0.2, 0) is 37.2 Å². The number of likely N-dealkylation sites (tertiary alicyclic amines) is 1. The zero-order valence-corrected chi connectivity index (χ0v) is 20.4. The Morgan fingerprint density at radius 1 is 0.882 bits per heavy atom. The minimum absolute atomic E-state index is 0.195. The van der Waals surface area contributed by atoms with E-state index in [4.69, 9.17) is 0 Å². The number of rotatable bonds is 4. The molecule has 0 unspecified atom stereocenters. The van der Waals surface area contributed by atoms with Gasteiger partial charge in [0.25, 0.3) is 0 Å². The Bertz CT molecular complexity index is 1100. The van der Waals surface area contributed by atoms with Crippen LogP contribution < -0.4 is 0 Å². The van der Waals surface area contributed by atoms with Gasteiger partial charge in [0.2, 0.25) is 27.7 Å². The van der Waals surface area contributed by atoms with E-state index in [0.717, 1.165) is 68.3 Å². The first-order chi connectivity index (χ1) is 16.3. The van der Waals surface area contributed by atoms with Crippen LogP contribution in [0.3, 0.4) is 0 Å². The van der Waals surface area contributed by atoms with Crippen LogP contribution in [0.5, 0.6) is 0 Å². The fourth-order valence-corrected chi connectivity index (χ4v) is 7.55. The van der Waals surface area contributed by atoms with Crippen LogP contribution in [0.4, 0.5) is 0 Å². The number of benzene rings is 1. The highest BCUT2D eigenvalue weighted by Gasteiger charge is 2.52. The van der Waals surface area contributed by atoms with Crippen molar-refractivity contribution < 1.29 is 22.8 Å². The van der Waals surface area contributed by atoms with Crippen molar-refractivity contribution in [1.82, 2.24) is 14.1 Å². The first-order valence-corrected chi connectivity index (χ1v) is 14.0. The Balaban J connectivity index is 1.20. The summed E-state index contributed by atoms with van der Waals surface area (Å²) in [6.45, 7) is 0.680. The maximum atomic E-state index is 13.2. The summed E-state index contributed by atoms with van der Waals surface area (Å²) in [5.41, 5.74) is 1.76. The minimum atomic E-state index is -3.63. The van der Waals surface area contributed by atoms with E-state index in [1.807, 2.05) is 12.1 Å². The molecule has 184 valence electrons. The molecule has 3 amide bonds. The number of nitrogens with zero attached hydrogens (tertiary/aromatic N) is 3. The van der Waals surface area contributed by atoms with Crippen molar-refractivity contribution in [3.63, 3.8) is 0 Å². The van der Waals surface area contributed by atoms with Crippen molar-refractivity contribution in [2.24, 2.45) is 5.41 Å². The maximum absolute atomic E-state index is 13.2. The number of imide groups is 1. The predicted molar refractivity (Wildman–Crippen MR) is 125 cm³/mol. The quantitative estimate of drug-likeness (QED) is 0.607. The van der Waals surface area contributed by atoms with E-state index < -0.39 is 15.4 Å². The van der Waals surface area contributed by atoms with Crippen LogP contribution >= 0.6 is 0 Å². The fraction of sp³-hybridized carbons (Fsp3) is 0.640. The summed E-state index contributed by atoms with van der Waals surface area (Å²) in [6, 6.07) is 5.44. The SMILES string of the molecule is O=C(CN1C(=O)CC2(CCCCC2)C1=O)N1CCN(S(=O)(=O)c2ccc3c(c2)CCCC3)CC1. The molecule has 0 N–H and O–H groups in total. The summed E-state index contributed by atoms with van der Waals surface area (Å²) in [6.07, 6.45) is 8.78. The number of aryl methyl sites for hydroxylation is 2. The lowest BCUT2D eigenvalue weighted by atomic mass is 9.73. The highest BCUT2D eigenvalue weighted by molar-refractivity contribution is 7.89. The van der Waals surface area contributed by atoms with Gasteiger partial charge in [-0.25, -0.2) is 8.42 Å². The number of carbonyl (C=O) groups is 3. The van der Waals surface area contributed by atoms with Crippen molar-refractivity contribution in [2.75, 3.05) is 32.7 Å². The Morgan fingerprint density at radius 2 is 1.56 bits per heavy atom. The van der Waals surface area contributed by atoms with Gasteiger partial charge in [0.05, 0.1) is 10.3 Å². The van der Waals surface area contributed by atoms with Crippen molar-refractivity contribution in [3.05, 3.63) is 29.3 Å². The zero-order valence-electron chi connectivity index (χ0n) is 19.6. The van der Waals surface area contributed by atoms with Crippen molar-refractivity contribution in [3.8, 4) is 0 Å². The van der Waals surface area contributed by atoms with E-state index in [1.54, 1.807) is 11.0 Å². The molecule has 5 rings (SSSR count). The molecule has 2 aliphatic carbocycles. The molecule has 2 saturated heterocycles. The molecule has 3 fully saturated rings. The number of sulfonamides is 1. The molecule has 1 spiro atoms. The lowest BCUT2D eigenvalue weighted by molar-refractivity contribution is -0.148. The molecule has 4 aliphatic rings. The largest absolute Gasteiger partial charge is 0.338 e. The summed E-state index contributed by atoms with van der Waals surface area (Å²) in [7, 11) is -3.63. The van der Waals surface area contributed by atoms with Gasteiger partial charge < -0.3 is 4.90 Å². The number of hydrogen-bond acceptors (Lipinski definition) is 5. The molecule has 8 nitrogen and oxygen atoms in total. The summed E-state index contributed by atoms with van der Waals surface area (Å²) >= 11 is 0. The number of piperazine rings is 1. The molecule has 9 heteroatoms. The standard InChI is InChI=1S/C25H33N3O5S/c29-22-17-25(10-4-1-5-11-25)24(31)28(22)18-23(30)26-12-14-27(15-13-26)34(32,33)21-9-8-19-6-2-3-7-20(19)16-21/h8-9,16H,1-7,10-15,17-18H2. The van der Waals surface area contributed by atoms with Gasteiger partial charge in [0.1, 0.15) is 6.54 Å². The topological polar surface area (TPSA) is 95.1 Å². The molecule has 0 bridgehead atoms. The Hall–Kier alpha value is -2.26. The first kappa shape index (κ1) is 23.5. The average molecular weight is 488 g/mol. The number of amides is 3. The highest BCUT2D eigenvalue weighted by Crippen LogP contribution is 2.45. The number of fused-ring (bicyclic) bond motifs is 1. The Labute approximate surface area is 201 Å². The molecule has 1 aromatic carbocycles. The summed E-state index contributed by atoms with van der Waals surface area (Å²) in [4.78, 5) is 41.5. The van der Waals surface area contributed by atoms with Gasteiger partial charge in [-0.05, 0) is 61.8 Å². The normalized spacial score (nSPS) is 23.4. The lowest BCUT2D eigenvalue weighted by Crippen LogP contribution is -2.53. The molecule has 0 radical (unpaired) electrons. The van der Waals surface area contributed by atoms with Crippen LogP contribution in [0.15, 0.2) is 23.1 Å². The number of carbonyl (C=O) groups excluding carboxylic acids is 3. The van der Waals surface area contributed by atoms with Gasteiger partial charge in [-0.3, -0.25) is 19.3 Å². The molecule has 0 aromatic heterocycles. The van der Waals surface area contributed by atoms with E-state index in [0.29, 0.717) is 4.90 Å². The lowest BCUT2D eigenvalue weighted by Gasteiger charge is -2.35. The van der Waals surface area contributed by atoms with E-state index >= 15 is 0 Å². The second-order valence-corrected chi connectivity index (χ2v) is 12.2. The smallest absolute Gasteiger partial charge is 0.243 e. The molecule has 0 atom stereocenters. The Morgan fingerprint density at radius 3 is 2.26 bits per heavy atom. The molecule has 34 heavy (non-hydrogen) atoms. The molecule has 2 heterocycles. The zero-order chi connectivity index (χ0) is 23.9. The molecule has 1 aromatic rings. The number of hydrogen-bond donors (Lipinski definition) is 0. The Kier molecular flexibility index (Phi) is 6.27. The first-order valence-electron chi connectivity index (χ1n) is 12.5.